The topological polar surface area (TPSA) is 99.2 Å². The van der Waals surface area contributed by atoms with E-state index >= 15 is 0 Å². The van der Waals surface area contributed by atoms with Crippen molar-refractivity contribution in [2.45, 2.75) is 25.4 Å². The summed E-state index contributed by atoms with van der Waals surface area (Å²) in [6.07, 6.45) is 1.81. The summed E-state index contributed by atoms with van der Waals surface area (Å²) in [6, 6.07) is 6.87. The predicted octanol–water partition coefficient (Wildman–Crippen LogP) is 1.16. The van der Waals surface area contributed by atoms with E-state index in [1.54, 1.807) is 31.2 Å². The first-order chi connectivity index (χ1) is 12.3. The lowest BCUT2D eigenvalue weighted by molar-refractivity contribution is -0.152. The largest absolute Gasteiger partial charge is 0.458 e. The molecule has 3 atom stereocenters. The molecule has 1 fully saturated rings. The molecule has 8 nitrogen and oxygen atoms in total. The van der Waals surface area contributed by atoms with Crippen molar-refractivity contribution in [2.75, 3.05) is 10.6 Å². The Morgan fingerprint density at radius 2 is 1.88 bits per heavy atom. The highest BCUT2D eigenvalue weighted by Crippen LogP contribution is 2.50. The molecule has 26 heavy (non-hydrogen) atoms. The van der Waals surface area contributed by atoms with E-state index in [0.29, 0.717) is 16.8 Å². The third kappa shape index (κ3) is 2.47. The maximum atomic E-state index is 12.3. The normalized spacial score (nSPS) is 28.5. The van der Waals surface area contributed by atoms with Gasteiger partial charge in [-0.25, -0.2) is 22.3 Å². The molecule has 1 aromatic rings. The third-order valence-electron chi connectivity index (χ3n) is 4.44. The van der Waals surface area contributed by atoms with Crippen LogP contribution < -0.4 is 4.31 Å². The average molecular weight is 377 g/mol. The number of hydrogen-bond acceptors (Lipinski definition) is 7. The molecule has 1 aromatic carbocycles. The zero-order chi connectivity index (χ0) is 18.6. The van der Waals surface area contributed by atoms with Gasteiger partial charge < -0.3 is 14.2 Å². The Morgan fingerprint density at radius 3 is 2.54 bits per heavy atom. The van der Waals surface area contributed by atoms with Crippen LogP contribution in [-0.4, -0.2) is 39.1 Å². The monoisotopic (exact) mass is 377 g/mol. The van der Waals surface area contributed by atoms with Crippen LogP contribution in [0.25, 0.3) is 0 Å². The predicted molar refractivity (Wildman–Crippen MR) is 89.2 cm³/mol. The van der Waals surface area contributed by atoms with E-state index in [9.17, 15) is 18.0 Å². The van der Waals surface area contributed by atoms with Crippen LogP contribution in [-0.2, 0) is 33.8 Å². The standard InChI is InChI=1S/C17H15NO7S/c1-9-7-13(24-16(9)19)23-8-11-14-10-5-3-4-6-12(10)18(26(2,21)22)15(14)25-17(11)20/h3-8,13-15H,1-2H3/b11-8+. The smallest absolute Gasteiger partial charge is 0.339 e. The second-order valence-corrected chi connectivity index (χ2v) is 8.08. The van der Waals surface area contributed by atoms with E-state index in [1.165, 1.54) is 12.3 Å². The molecule has 0 amide bonds. The van der Waals surface area contributed by atoms with Crippen molar-refractivity contribution < 1.29 is 32.2 Å². The Labute approximate surface area is 149 Å². The number of carbonyl (C=O) groups is 2. The lowest BCUT2D eigenvalue weighted by Gasteiger charge is -2.22. The Balaban J connectivity index is 1.70. The average Bonchev–Trinajstić information content (AvgIpc) is 3.15. The summed E-state index contributed by atoms with van der Waals surface area (Å²) in [7, 11) is -3.65. The number of benzene rings is 1. The van der Waals surface area contributed by atoms with Crippen LogP contribution in [0.1, 0.15) is 18.4 Å². The maximum Gasteiger partial charge on any atom is 0.339 e. The number of sulfonamides is 1. The van der Waals surface area contributed by atoms with Gasteiger partial charge in [-0.15, -0.1) is 0 Å². The number of cyclic esters (lactones) is 1. The summed E-state index contributed by atoms with van der Waals surface area (Å²) in [5.41, 5.74) is 1.70. The lowest BCUT2D eigenvalue weighted by atomic mass is 9.94. The summed E-state index contributed by atoms with van der Waals surface area (Å²) in [4.78, 5) is 23.7. The number of nitrogens with zero attached hydrogens (tertiary/aromatic N) is 1. The number of para-hydroxylation sites is 1. The molecule has 3 unspecified atom stereocenters. The maximum absolute atomic E-state index is 12.3. The van der Waals surface area contributed by atoms with Crippen LogP contribution >= 0.6 is 0 Å². The van der Waals surface area contributed by atoms with Gasteiger partial charge in [0.05, 0.1) is 29.7 Å². The van der Waals surface area contributed by atoms with E-state index in [4.69, 9.17) is 14.2 Å². The summed E-state index contributed by atoms with van der Waals surface area (Å²) in [5.74, 6) is -1.78. The molecule has 0 spiro atoms. The van der Waals surface area contributed by atoms with Crippen molar-refractivity contribution in [2.24, 2.45) is 0 Å². The number of carbonyl (C=O) groups excluding carboxylic acids is 2. The van der Waals surface area contributed by atoms with Crippen LogP contribution in [0.15, 0.2) is 47.7 Å². The Morgan fingerprint density at radius 1 is 1.15 bits per heavy atom. The number of fused-ring (bicyclic) bond motifs is 3. The zero-order valence-electron chi connectivity index (χ0n) is 13.9. The first kappa shape index (κ1) is 16.6. The highest BCUT2D eigenvalue weighted by atomic mass is 32.2. The van der Waals surface area contributed by atoms with Crippen LogP contribution in [0, 0.1) is 0 Å². The lowest BCUT2D eigenvalue weighted by Crippen LogP contribution is -2.38. The van der Waals surface area contributed by atoms with E-state index in [1.807, 2.05) is 0 Å². The summed E-state index contributed by atoms with van der Waals surface area (Å²) < 4.78 is 41.2. The molecule has 4 rings (SSSR count). The Bertz CT molecular complexity index is 979. The Hall–Kier alpha value is -2.81. The summed E-state index contributed by atoms with van der Waals surface area (Å²) >= 11 is 0. The quantitative estimate of drug-likeness (QED) is 0.443. The van der Waals surface area contributed by atoms with Crippen molar-refractivity contribution in [3.05, 3.63) is 53.3 Å². The van der Waals surface area contributed by atoms with Gasteiger partial charge in [-0.05, 0) is 18.6 Å². The third-order valence-corrected chi connectivity index (χ3v) is 5.56. The first-order valence-corrected chi connectivity index (χ1v) is 9.66. The highest BCUT2D eigenvalue weighted by molar-refractivity contribution is 7.92. The molecular formula is C17H15NO7S. The van der Waals surface area contributed by atoms with Crippen LogP contribution in [0.4, 0.5) is 5.69 Å². The molecule has 3 aliphatic rings. The van der Waals surface area contributed by atoms with Gasteiger partial charge in [0, 0.05) is 11.6 Å². The van der Waals surface area contributed by atoms with Gasteiger partial charge >= 0.3 is 11.9 Å². The molecule has 3 heterocycles. The number of hydrogen-bond donors (Lipinski definition) is 0. The molecule has 0 N–H and O–H groups in total. The van der Waals surface area contributed by atoms with Gasteiger partial charge in [0.25, 0.3) is 6.29 Å². The van der Waals surface area contributed by atoms with Crippen LogP contribution in [0.5, 0.6) is 0 Å². The molecule has 3 aliphatic heterocycles. The fourth-order valence-electron chi connectivity index (χ4n) is 3.32. The zero-order valence-corrected chi connectivity index (χ0v) is 14.7. The minimum atomic E-state index is -3.65. The molecule has 0 bridgehead atoms. The molecular weight excluding hydrogens is 362 g/mol. The molecule has 1 saturated heterocycles. The van der Waals surface area contributed by atoms with E-state index in [0.717, 1.165) is 10.6 Å². The fraction of sp³-hybridized carbons (Fsp3) is 0.294. The Kier molecular flexibility index (Phi) is 3.58. The summed E-state index contributed by atoms with van der Waals surface area (Å²) in [6.45, 7) is 1.59. The number of ether oxygens (including phenoxy) is 3. The highest BCUT2D eigenvalue weighted by Gasteiger charge is 2.53. The molecule has 0 aromatic heterocycles. The van der Waals surface area contributed by atoms with Gasteiger partial charge in [0.1, 0.15) is 0 Å². The van der Waals surface area contributed by atoms with Crippen LogP contribution in [0.3, 0.4) is 0 Å². The molecule has 0 saturated carbocycles. The van der Waals surface area contributed by atoms with Crippen molar-refractivity contribution in [3.8, 4) is 0 Å². The number of esters is 2. The first-order valence-electron chi connectivity index (χ1n) is 7.81. The summed E-state index contributed by atoms with van der Waals surface area (Å²) in [5, 5.41) is 0. The van der Waals surface area contributed by atoms with Gasteiger partial charge in [0.2, 0.25) is 16.3 Å². The van der Waals surface area contributed by atoms with E-state index < -0.39 is 40.4 Å². The van der Waals surface area contributed by atoms with Crippen molar-refractivity contribution in [1.82, 2.24) is 0 Å². The van der Waals surface area contributed by atoms with Crippen molar-refractivity contribution >= 4 is 27.6 Å². The molecule has 0 aliphatic carbocycles. The fourth-order valence-corrected chi connectivity index (χ4v) is 4.39. The molecule has 0 radical (unpaired) electrons. The molecule has 136 valence electrons. The van der Waals surface area contributed by atoms with Gasteiger partial charge in [-0.2, -0.15) is 0 Å². The van der Waals surface area contributed by atoms with Gasteiger partial charge in [-0.3, -0.25) is 0 Å². The van der Waals surface area contributed by atoms with E-state index in [2.05, 4.69) is 0 Å². The molecule has 9 heteroatoms. The second-order valence-electron chi connectivity index (χ2n) is 6.22. The minimum absolute atomic E-state index is 0.169. The number of anilines is 1. The van der Waals surface area contributed by atoms with Gasteiger partial charge in [-0.1, -0.05) is 18.2 Å². The second kappa shape index (κ2) is 5.60. The van der Waals surface area contributed by atoms with Crippen molar-refractivity contribution in [1.29, 1.82) is 0 Å². The minimum Gasteiger partial charge on any atom is -0.458 e. The van der Waals surface area contributed by atoms with Gasteiger partial charge in [0.15, 0.2) is 0 Å². The SMILES string of the molecule is CC1=CC(O/C=C2/C(=O)OC3C2c2ccccc2N3S(C)(=O)=O)OC1=O. The van der Waals surface area contributed by atoms with Crippen molar-refractivity contribution in [3.63, 3.8) is 0 Å². The number of rotatable bonds is 3. The van der Waals surface area contributed by atoms with Crippen LogP contribution in [0.2, 0.25) is 0 Å². The van der Waals surface area contributed by atoms with E-state index in [-0.39, 0.29) is 5.57 Å².